The average Bonchev–Trinajstić information content (AvgIpc) is 3.20. The molecule has 3 N–H and O–H groups in total. The van der Waals surface area contributed by atoms with Crippen molar-refractivity contribution >= 4 is 16.8 Å². The molecule has 0 radical (unpaired) electrons. The number of nitrogens with zero attached hydrogens (tertiary/aromatic N) is 1. The Hall–Kier alpha value is -2.70. The summed E-state index contributed by atoms with van der Waals surface area (Å²) in [6, 6.07) is 11.2. The minimum absolute atomic E-state index is 0.0640. The Bertz CT molecular complexity index is 1140. The highest BCUT2D eigenvalue weighted by Crippen LogP contribution is 2.37. The number of fused-ring (bicyclic) bond motifs is 2. The molecule has 0 aliphatic carbocycles. The van der Waals surface area contributed by atoms with Gasteiger partial charge in [-0.3, -0.25) is 4.79 Å². The van der Waals surface area contributed by atoms with Crippen LogP contribution in [0.1, 0.15) is 65.3 Å². The van der Waals surface area contributed by atoms with Crippen LogP contribution in [0.2, 0.25) is 0 Å². The van der Waals surface area contributed by atoms with Gasteiger partial charge in [0.2, 0.25) is 5.91 Å². The van der Waals surface area contributed by atoms with E-state index in [1.165, 1.54) is 16.7 Å². The average molecular weight is 436 g/mol. The number of nitrogens with one attached hydrogen (secondary N) is 1. The fourth-order valence-corrected chi connectivity index (χ4v) is 5.51. The lowest BCUT2D eigenvalue weighted by atomic mass is 9.85. The second kappa shape index (κ2) is 8.68. The van der Waals surface area contributed by atoms with E-state index in [2.05, 4.69) is 23.0 Å². The minimum atomic E-state index is -0.382. The summed E-state index contributed by atoms with van der Waals surface area (Å²) in [5, 5.41) is 1.14. The topological polar surface area (TPSA) is 71.3 Å². The molecule has 2 aliphatic rings. The molecular weight excluding hydrogens is 405 g/mol. The molecule has 32 heavy (non-hydrogen) atoms. The molecule has 6 heteroatoms. The second-order valence-corrected chi connectivity index (χ2v) is 9.22. The first-order valence-corrected chi connectivity index (χ1v) is 11.5. The van der Waals surface area contributed by atoms with Crippen LogP contribution in [0.4, 0.5) is 4.39 Å². The highest BCUT2D eigenvalue weighted by atomic mass is 19.1. The van der Waals surface area contributed by atoms with Crippen LogP contribution in [0.25, 0.3) is 10.9 Å². The van der Waals surface area contributed by atoms with Gasteiger partial charge in [-0.1, -0.05) is 6.07 Å². The number of rotatable bonds is 5. The Labute approximate surface area is 187 Å². The summed E-state index contributed by atoms with van der Waals surface area (Å²) in [7, 11) is 0. The van der Waals surface area contributed by atoms with Gasteiger partial charge in [0.15, 0.2) is 0 Å². The number of aromatic amines is 1. The quantitative estimate of drug-likeness (QED) is 0.611. The summed E-state index contributed by atoms with van der Waals surface area (Å²) in [6.07, 6.45) is 6.07. The predicted octanol–water partition coefficient (Wildman–Crippen LogP) is 4.68. The van der Waals surface area contributed by atoms with E-state index in [0.29, 0.717) is 24.1 Å². The highest BCUT2D eigenvalue weighted by molar-refractivity contribution is 5.93. The fourth-order valence-electron chi connectivity index (χ4n) is 5.51. The zero-order chi connectivity index (χ0) is 22.2. The minimum Gasteiger partial charge on any atom is -0.373 e. The van der Waals surface area contributed by atoms with E-state index in [4.69, 9.17) is 10.5 Å². The summed E-state index contributed by atoms with van der Waals surface area (Å²) in [5.41, 5.74) is 10.6. The fraction of sp³-hybridized carbons (Fsp3) is 0.423. The van der Waals surface area contributed by atoms with Gasteiger partial charge in [-0.05, 0) is 92.1 Å². The number of aromatic nitrogens is 1. The first-order chi connectivity index (χ1) is 15.5. The summed E-state index contributed by atoms with van der Waals surface area (Å²) in [4.78, 5) is 17.3. The first-order valence-electron chi connectivity index (χ1n) is 11.5. The predicted molar refractivity (Wildman–Crippen MR) is 123 cm³/mol. The third-order valence-corrected chi connectivity index (χ3v) is 7.27. The second-order valence-electron chi connectivity index (χ2n) is 9.22. The van der Waals surface area contributed by atoms with E-state index in [1.54, 1.807) is 12.1 Å². The van der Waals surface area contributed by atoms with E-state index in [0.717, 1.165) is 49.7 Å². The lowest BCUT2D eigenvalue weighted by Gasteiger charge is -2.39. The largest absolute Gasteiger partial charge is 0.373 e. The number of carbonyl (C=O) groups is 1. The number of hydrogen-bond acceptors (Lipinski definition) is 3. The maximum Gasteiger partial charge on any atom is 0.248 e. The molecule has 1 fully saturated rings. The molecule has 168 valence electrons. The molecule has 1 unspecified atom stereocenters. The van der Waals surface area contributed by atoms with E-state index < -0.39 is 0 Å². The van der Waals surface area contributed by atoms with E-state index in [1.807, 2.05) is 24.3 Å². The number of ether oxygens (including phenoxy) is 1. The summed E-state index contributed by atoms with van der Waals surface area (Å²) in [5.74, 6) is -0.0985. The molecule has 5 rings (SSSR count). The van der Waals surface area contributed by atoms with Gasteiger partial charge in [0.25, 0.3) is 0 Å². The Morgan fingerprint density at radius 1 is 1.25 bits per heavy atom. The lowest BCUT2D eigenvalue weighted by molar-refractivity contribution is 0.0226. The van der Waals surface area contributed by atoms with Crippen LogP contribution in [-0.2, 0) is 11.2 Å². The number of hydrogen-bond donors (Lipinski definition) is 2. The van der Waals surface area contributed by atoms with Crippen LogP contribution in [0, 0.1) is 5.82 Å². The van der Waals surface area contributed by atoms with Gasteiger partial charge >= 0.3 is 0 Å². The van der Waals surface area contributed by atoms with Crippen molar-refractivity contribution in [1.29, 1.82) is 0 Å². The number of amides is 1. The number of halogens is 1. The molecule has 0 spiro atoms. The van der Waals surface area contributed by atoms with Gasteiger partial charge in [-0.15, -0.1) is 0 Å². The summed E-state index contributed by atoms with van der Waals surface area (Å²) < 4.78 is 19.6. The van der Waals surface area contributed by atoms with Gasteiger partial charge in [-0.25, -0.2) is 4.39 Å². The number of primary amides is 1. The molecular formula is C26H30FN3O2. The van der Waals surface area contributed by atoms with E-state index in [9.17, 15) is 9.18 Å². The number of piperidine rings is 1. The van der Waals surface area contributed by atoms with Crippen molar-refractivity contribution in [1.82, 2.24) is 9.88 Å². The van der Waals surface area contributed by atoms with E-state index in [-0.39, 0.29) is 17.8 Å². The Morgan fingerprint density at radius 2 is 2.12 bits per heavy atom. The Kier molecular flexibility index (Phi) is 5.74. The van der Waals surface area contributed by atoms with Crippen molar-refractivity contribution in [3.63, 3.8) is 0 Å². The number of carbonyl (C=O) groups excluding carboxylic acids is 1. The molecule has 1 aromatic heterocycles. The maximum atomic E-state index is 13.5. The molecule has 1 amide bonds. The number of likely N-dealkylation sites (tertiary alicyclic amines) is 1. The van der Waals surface area contributed by atoms with Crippen molar-refractivity contribution in [2.75, 3.05) is 19.7 Å². The number of nitrogens with two attached hydrogens (primary N) is 1. The van der Waals surface area contributed by atoms with Gasteiger partial charge in [0.1, 0.15) is 5.82 Å². The number of H-pyrrole nitrogens is 1. The molecule has 0 bridgehead atoms. The van der Waals surface area contributed by atoms with Crippen LogP contribution in [0.5, 0.6) is 0 Å². The molecule has 3 atom stereocenters. The molecule has 2 aromatic carbocycles. The molecule has 5 nitrogen and oxygen atoms in total. The van der Waals surface area contributed by atoms with Crippen molar-refractivity contribution in [2.45, 2.75) is 50.7 Å². The van der Waals surface area contributed by atoms with Gasteiger partial charge < -0.3 is 20.4 Å². The standard InChI is InChI=1S/C26H30FN3O2/c1-16-12-17(23-15-29-24-14-20(27)3-5-22(23)24)6-9-30(16)10-7-25-21-4-2-19(26(28)31)13-18(21)8-11-32-25/h2-5,13-17,25,29H,6-12H2,1H3,(H2,28,31)/t16-,17+,25?/m1/s1. The van der Waals surface area contributed by atoms with Crippen LogP contribution < -0.4 is 5.73 Å². The van der Waals surface area contributed by atoms with E-state index >= 15 is 0 Å². The normalized spacial score (nSPS) is 23.9. The lowest BCUT2D eigenvalue weighted by Crippen LogP contribution is -2.41. The highest BCUT2D eigenvalue weighted by Gasteiger charge is 2.29. The smallest absolute Gasteiger partial charge is 0.248 e. The zero-order valence-corrected chi connectivity index (χ0v) is 18.4. The van der Waals surface area contributed by atoms with Crippen LogP contribution in [0.3, 0.4) is 0 Å². The van der Waals surface area contributed by atoms with Crippen LogP contribution >= 0.6 is 0 Å². The molecule has 3 aromatic rings. The van der Waals surface area contributed by atoms with Crippen molar-refractivity contribution < 1.29 is 13.9 Å². The monoisotopic (exact) mass is 435 g/mol. The Balaban J connectivity index is 1.22. The molecule has 0 saturated carbocycles. The van der Waals surface area contributed by atoms with Crippen molar-refractivity contribution in [3.05, 3.63) is 70.7 Å². The van der Waals surface area contributed by atoms with Crippen molar-refractivity contribution in [2.24, 2.45) is 5.73 Å². The summed E-state index contributed by atoms with van der Waals surface area (Å²) >= 11 is 0. The van der Waals surface area contributed by atoms with Crippen LogP contribution in [-0.4, -0.2) is 41.5 Å². The SMILES string of the molecule is C[C@@H]1C[C@@H](c2c[nH]c3cc(F)ccc23)CCN1CCC1OCCc2cc(C(N)=O)ccc21. The molecule has 3 heterocycles. The Morgan fingerprint density at radius 3 is 2.94 bits per heavy atom. The molecule has 2 aliphatic heterocycles. The number of benzene rings is 2. The molecule has 1 saturated heterocycles. The zero-order valence-electron chi connectivity index (χ0n) is 18.4. The summed E-state index contributed by atoms with van der Waals surface area (Å²) in [6.45, 7) is 5.00. The maximum absolute atomic E-state index is 13.5. The third-order valence-electron chi connectivity index (χ3n) is 7.27. The third kappa shape index (κ3) is 4.05. The first kappa shape index (κ1) is 21.2. The van der Waals surface area contributed by atoms with Gasteiger partial charge in [-0.2, -0.15) is 0 Å². The van der Waals surface area contributed by atoms with Crippen molar-refractivity contribution in [3.8, 4) is 0 Å². The van der Waals surface area contributed by atoms with Crippen LogP contribution in [0.15, 0.2) is 42.6 Å². The van der Waals surface area contributed by atoms with Gasteiger partial charge in [0.05, 0.1) is 12.7 Å². The van der Waals surface area contributed by atoms with Gasteiger partial charge in [0, 0.05) is 35.2 Å².